The predicted octanol–water partition coefficient (Wildman–Crippen LogP) is 5.93. The maximum Gasteiger partial charge on any atom is 0.118 e. The summed E-state index contributed by atoms with van der Waals surface area (Å²) in [7, 11) is 1.71. The Morgan fingerprint density at radius 2 is 1.42 bits per heavy atom. The second kappa shape index (κ2) is 11.2. The van der Waals surface area contributed by atoms with Crippen LogP contribution in [-0.4, -0.2) is 12.9 Å². The van der Waals surface area contributed by atoms with E-state index >= 15 is 0 Å². The molecule has 1 nitrogen and oxygen atoms in total. The predicted molar refractivity (Wildman–Crippen MR) is 86.3 cm³/mol. The average molecular weight is 280 g/mol. The summed E-state index contributed by atoms with van der Waals surface area (Å²) in [4.78, 5) is 1.35. The van der Waals surface area contributed by atoms with Gasteiger partial charge in [0.1, 0.15) is 5.75 Å². The fourth-order valence-corrected chi connectivity index (χ4v) is 3.01. The van der Waals surface area contributed by atoms with Crippen molar-refractivity contribution in [1.29, 1.82) is 0 Å². The first kappa shape index (κ1) is 16.4. The highest BCUT2D eigenvalue weighted by molar-refractivity contribution is 7.99. The first-order valence-electron chi connectivity index (χ1n) is 7.63. The summed E-state index contributed by atoms with van der Waals surface area (Å²) >= 11 is 1.96. The molecule has 0 saturated heterocycles. The third-order valence-corrected chi connectivity index (χ3v) is 4.42. The van der Waals surface area contributed by atoms with Crippen LogP contribution in [0, 0.1) is 0 Å². The molecule has 0 heterocycles. The lowest BCUT2D eigenvalue weighted by molar-refractivity contribution is 0.414. The lowest BCUT2D eigenvalue weighted by Crippen LogP contribution is -1.84. The molecular formula is C17H28OS. The molecule has 2 heteroatoms. The van der Waals surface area contributed by atoms with Crippen molar-refractivity contribution in [1.82, 2.24) is 0 Å². The largest absolute Gasteiger partial charge is 0.497 e. The molecule has 0 aliphatic carbocycles. The molecule has 0 fully saturated rings. The summed E-state index contributed by atoms with van der Waals surface area (Å²) in [5, 5.41) is 0. The number of hydrogen-bond donors (Lipinski definition) is 0. The van der Waals surface area contributed by atoms with Crippen molar-refractivity contribution < 1.29 is 4.74 Å². The van der Waals surface area contributed by atoms with Crippen LogP contribution in [0.4, 0.5) is 0 Å². The molecule has 0 atom stereocenters. The van der Waals surface area contributed by atoms with Crippen molar-refractivity contribution in [2.45, 2.75) is 63.2 Å². The number of hydrogen-bond acceptors (Lipinski definition) is 2. The van der Waals surface area contributed by atoms with Crippen LogP contribution in [0.3, 0.4) is 0 Å². The molecule has 0 aliphatic rings. The Morgan fingerprint density at radius 3 is 2.00 bits per heavy atom. The van der Waals surface area contributed by atoms with Crippen LogP contribution in [0.2, 0.25) is 0 Å². The Balaban J connectivity index is 1.95. The van der Waals surface area contributed by atoms with E-state index in [1.54, 1.807) is 7.11 Å². The zero-order chi connectivity index (χ0) is 13.8. The molecule has 1 aromatic rings. The van der Waals surface area contributed by atoms with Gasteiger partial charge in [0.05, 0.1) is 7.11 Å². The normalized spacial score (nSPS) is 10.6. The number of benzene rings is 1. The van der Waals surface area contributed by atoms with Gasteiger partial charge in [-0.2, -0.15) is 0 Å². The summed E-state index contributed by atoms with van der Waals surface area (Å²) < 4.78 is 5.16. The molecule has 0 saturated carbocycles. The molecule has 0 bridgehead atoms. The van der Waals surface area contributed by atoms with Gasteiger partial charge in [-0.05, 0) is 36.4 Å². The Hall–Kier alpha value is -0.630. The minimum atomic E-state index is 0.941. The van der Waals surface area contributed by atoms with Crippen molar-refractivity contribution in [3.8, 4) is 5.75 Å². The first-order valence-corrected chi connectivity index (χ1v) is 8.62. The van der Waals surface area contributed by atoms with Gasteiger partial charge < -0.3 is 4.74 Å². The average Bonchev–Trinajstić information content (AvgIpc) is 2.46. The van der Waals surface area contributed by atoms with Gasteiger partial charge in [0.15, 0.2) is 0 Å². The van der Waals surface area contributed by atoms with E-state index in [0.29, 0.717) is 0 Å². The van der Waals surface area contributed by atoms with Gasteiger partial charge in [-0.3, -0.25) is 0 Å². The molecule has 108 valence electrons. The highest BCUT2D eigenvalue weighted by Gasteiger charge is 1.96. The van der Waals surface area contributed by atoms with E-state index in [4.69, 9.17) is 4.74 Å². The lowest BCUT2D eigenvalue weighted by Gasteiger charge is -2.04. The van der Waals surface area contributed by atoms with Crippen LogP contribution in [0.15, 0.2) is 29.2 Å². The Labute approximate surface area is 123 Å². The maximum absolute atomic E-state index is 5.16. The molecule has 0 amide bonds. The summed E-state index contributed by atoms with van der Waals surface area (Å²) in [5.41, 5.74) is 0. The minimum absolute atomic E-state index is 0.941. The van der Waals surface area contributed by atoms with Crippen molar-refractivity contribution in [2.75, 3.05) is 12.9 Å². The second-order valence-electron chi connectivity index (χ2n) is 5.00. The zero-order valence-corrected chi connectivity index (χ0v) is 13.3. The van der Waals surface area contributed by atoms with Gasteiger partial charge >= 0.3 is 0 Å². The Bertz CT molecular complexity index is 308. The minimum Gasteiger partial charge on any atom is -0.497 e. The number of thioether (sulfide) groups is 1. The molecular weight excluding hydrogens is 252 g/mol. The molecule has 1 aromatic carbocycles. The lowest BCUT2D eigenvalue weighted by atomic mass is 10.1. The van der Waals surface area contributed by atoms with Gasteiger partial charge in [-0.25, -0.2) is 0 Å². The highest BCUT2D eigenvalue weighted by Crippen LogP contribution is 2.22. The van der Waals surface area contributed by atoms with Gasteiger partial charge in [0, 0.05) is 4.90 Å². The molecule has 0 radical (unpaired) electrons. The summed E-state index contributed by atoms with van der Waals surface area (Å²) in [6, 6.07) is 8.37. The van der Waals surface area contributed by atoms with Crippen LogP contribution in [0.25, 0.3) is 0 Å². The van der Waals surface area contributed by atoms with Crippen LogP contribution in [0.1, 0.15) is 58.3 Å². The molecule has 19 heavy (non-hydrogen) atoms. The number of ether oxygens (including phenoxy) is 1. The molecule has 1 rings (SSSR count). The summed E-state index contributed by atoms with van der Waals surface area (Å²) in [6.07, 6.45) is 11.2. The van der Waals surface area contributed by atoms with Crippen molar-refractivity contribution in [3.63, 3.8) is 0 Å². The van der Waals surface area contributed by atoms with Crippen LogP contribution < -0.4 is 4.74 Å². The Kier molecular flexibility index (Phi) is 9.70. The maximum atomic E-state index is 5.16. The third-order valence-electron chi connectivity index (χ3n) is 3.33. The van der Waals surface area contributed by atoms with Crippen LogP contribution in [0.5, 0.6) is 5.75 Å². The van der Waals surface area contributed by atoms with E-state index in [9.17, 15) is 0 Å². The van der Waals surface area contributed by atoms with E-state index < -0.39 is 0 Å². The second-order valence-corrected chi connectivity index (χ2v) is 6.17. The molecule has 0 aliphatic heterocycles. The standard InChI is InChI=1S/C17H28OS/c1-3-4-5-6-7-8-9-10-15-19-17-13-11-16(18-2)12-14-17/h11-14H,3-10,15H2,1-2H3. The van der Waals surface area contributed by atoms with Crippen molar-refractivity contribution in [3.05, 3.63) is 24.3 Å². The summed E-state index contributed by atoms with van der Waals surface area (Å²) in [5.74, 6) is 2.18. The van der Waals surface area contributed by atoms with E-state index in [0.717, 1.165) is 5.75 Å². The molecule has 0 aromatic heterocycles. The Morgan fingerprint density at radius 1 is 0.842 bits per heavy atom. The zero-order valence-electron chi connectivity index (χ0n) is 12.5. The first-order chi connectivity index (χ1) is 9.36. The quantitative estimate of drug-likeness (QED) is 0.367. The van der Waals surface area contributed by atoms with Crippen LogP contribution >= 0.6 is 11.8 Å². The van der Waals surface area contributed by atoms with E-state index in [1.165, 1.54) is 62.0 Å². The molecule has 0 unspecified atom stereocenters. The third kappa shape index (κ3) is 8.20. The number of rotatable bonds is 11. The van der Waals surface area contributed by atoms with Gasteiger partial charge in [-0.15, -0.1) is 11.8 Å². The van der Waals surface area contributed by atoms with Gasteiger partial charge in [0.25, 0.3) is 0 Å². The van der Waals surface area contributed by atoms with E-state index in [2.05, 4.69) is 19.1 Å². The molecule has 0 N–H and O–H groups in total. The highest BCUT2D eigenvalue weighted by atomic mass is 32.2. The number of methoxy groups -OCH3 is 1. The smallest absolute Gasteiger partial charge is 0.118 e. The van der Waals surface area contributed by atoms with Crippen molar-refractivity contribution in [2.24, 2.45) is 0 Å². The van der Waals surface area contributed by atoms with Gasteiger partial charge in [-0.1, -0.05) is 51.9 Å². The summed E-state index contributed by atoms with van der Waals surface area (Å²) in [6.45, 7) is 2.27. The van der Waals surface area contributed by atoms with E-state index in [1.807, 2.05) is 23.9 Å². The number of unbranched alkanes of at least 4 members (excludes halogenated alkanes) is 7. The fraction of sp³-hybridized carbons (Fsp3) is 0.647. The molecule has 0 spiro atoms. The van der Waals surface area contributed by atoms with Crippen molar-refractivity contribution >= 4 is 11.8 Å². The van der Waals surface area contributed by atoms with E-state index in [-0.39, 0.29) is 0 Å². The topological polar surface area (TPSA) is 9.23 Å². The fourth-order valence-electron chi connectivity index (χ4n) is 2.10. The van der Waals surface area contributed by atoms with Gasteiger partial charge in [0.2, 0.25) is 0 Å². The van der Waals surface area contributed by atoms with Crippen LogP contribution in [-0.2, 0) is 0 Å². The SMILES string of the molecule is CCCCCCCCCCSc1ccc(OC)cc1. The monoisotopic (exact) mass is 280 g/mol.